The van der Waals surface area contributed by atoms with Gasteiger partial charge in [0.25, 0.3) is 0 Å². The summed E-state index contributed by atoms with van der Waals surface area (Å²) >= 11 is 0. The van der Waals surface area contributed by atoms with Crippen LogP contribution in [0, 0.1) is 0 Å². The molecule has 1 N–H and O–H groups in total. The zero-order valence-electron chi connectivity index (χ0n) is 15.1. The molecule has 0 aromatic carbocycles. The standard InChI is InChI=1S/C15H36NO3Si.H2O/c1-8-12-17-20(18-13-9-2,19-14-10-3)15(11-4)16(5,6)7;/h15H,8-14H2,1-7H3;1H2/q+1;/p-1. The van der Waals surface area contributed by atoms with E-state index in [2.05, 4.69) is 48.8 Å². The fraction of sp³-hybridized carbons (Fsp3) is 1.00. The van der Waals surface area contributed by atoms with Crippen molar-refractivity contribution in [2.24, 2.45) is 0 Å². The van der Waals surface area contributed by atoms with E-state index in [9.17, 15) is 0 Å². The first-order valence-corrected chi connectivity index (χ1v) is 9.91. The van der Waals surface area contributed by atoms with Crippen LogP contribution >= 0.6 is 0 Å². The molecule has 0 saturated carbocycles. The van der Waals surface area contributed by atoms with Crippen molar-refractivity contribution >= 4 is 8.80 Å². The maximum atomic E-state index is 6.24. The highest BCUT2D eigenvalue weighted by Crippen LogP contribution is 2.25. The fourth-order valence-corrected chi connectivity index (χ4v) is 6.16. The van der Waals surface area contributed by atoms with E-state index >= 15 is 0 Å². The minimum Gasteiger partial charge on any atom is -0.870 e. The van der Waals surface area contributed by atoms with Gasteiger partial charge in [-0.2, -0.15) is 0 Å². The summed E-state index contributed by atoms with van der Waals surface area (Å²) in [7, 11) is 3.96. The van der Waals surface area contributed by atoms with E-state index in [1.807, 2.05) is 0 Å². The van der Waals surface area contributed by atoms with Crippen molar-refractivity contribution in [1.29, 1.82) is 0 Å². The van der Waals surface area contributed by atoms with Crippen LogP contribution in [0.2, 0.25) is 0 Å². The molecule has 0 spiro atoms. The lowest BCUT2D eigenvalue weighted by Crippen LogP contribution is -2.67. The third-order valence-electron chi connectivity index (χ3n) is 3.25. The highest BCUT2D eigenvalue weighted by molar-refractivity contribution is 6.62. The van der Waals surface area contributed by atoms with Gasteiger partial charge < -0.3 is 23.2 Å². The molecule has 0 aliphatic heterocycles. The molecule has 0 aliphatic carbocycles. The second kappa shape index (κ2) is 11.6. The topological polar surface area (TPSA) is 57.7 Å². The van der Waals surface area contributed by atoms with Crippen LogP contribution in [0.5, 0.6) is 0 Å². The van der Waals surface area contributed by atoms with Gasteiger partial charge in [-0.05, 0) is 19.3 Å². The Bertz CT molecular complexity index is 225. The molecule has 0 bridgehead atoms. The molecule has 1 atom stereocenters. The molecule has 21 heavy (non-hydrogen) atoms. The number of nitrogens with zero attached hydrogens (tertiary/aromatic N) is 1. The van der Waals surface area contributed by atoms with Crippen molar-refractivity contribution in [2.45, 2.75) is 59.0 Å². The molecular weight excluding hydrogens is 286 g/mol. The van der Waals surface area contributed by atoms with Gasteiger partial charge in [0.05, 0.1) is 21.1 Å². The highest BCUT2D eigenvalue weighted by Gasteiger charge is 2.56. The number of rotatable bonds is 12. The first kappa shape index (κ1) is 23.3. The summed E-state index contributed by atoms with van der Waals surface area (Å²) < 4.78 is 19.5. The Kier molecular flexibility index (Phi) is 12.8. The highest BCUT2D eigenvalue weighted by atomic mass is 28.4. The van der Waals surface area contributed by atoms with Crippen LogP contribution < -0.4 is 0 Å². The van der Waals surface area contributed by atoms with E-state index in [-0.39, 0.29) is 11.1 Å². The van der Waals surface area contributed by atoms with Crippen molar-refractivity contribution in [1.82, 2.24) is 0 Å². The Hall–Kier alpha value is 0.0169. The SMILES string of the molecule is CCCO[Si](OCCC)(OCCC)C(CC)[N+](C)(C)C.[OH-]. The smallest absolute Gasteiger partial charge is 0.562 e. The summed E-state index contributed by atoms with van der Waals surface area (Å²) in [5.74, 6) is 0. The van der Waals surface area contributed by atoms with E-state index in [0.717, 1.165) is 50.0 Å². The zero-order valence-corrected chi connectivity index (χ0v) is 16.1. The summed E-state index contributed by atoms with van der Waals surface area (Å²) in [5.41, 5.74) is 0.284. The normalized spacial score (nSPS) is 13.9. The Morgan fingerprint density at radius 1 is 0.762 bits per heavy atom. The van der Waals surface area contributed by atoms with Gasteiger partial charge >= 0.3 is 8.80 Å². The van der Waals surface area contributed by atoms with Crippen LogP contribution in [-0.2, 0) is 13.3 Å². The number of quaternary nitrogens is 1. The van der Waals surface area contributed by atoms with Crippen molar-refractivity contribution in [3.63, 3.8) is 0 Å². The van der Waals surface area contributed by atoms with Gasteiger partial charge in [0.1, 0.15) is 0 Å². The minimum absolute atomic E-state index is 0. The van der Waals surface area contributed by atoms with Crippen LogP contribution in [0.25, 0.3) is 0 Å². The fourth-order valence-electron chi connectivity index (χ4n) is 2.42. The molecular formula is C15H37NO4Si. The molecule has 0 amide bonds. The molecule has 5 nitrogen and oxygen atoms in total. The van der Waals surface area contributed by atoms with Crippen molar-refractivity contribution in [3.8, 4) is 0 Å². The van der Waals surface area contributed by atoms with Gasteiger partial charge in [0, 0.05) is 26.2 Å². The van der Waals surface area contributed by atoms with E-state index in [0.29, 0.717) is 0 Å². The van der Waals surface area contributed by atoms with Crippen LogP contribution in [0.4, 0.5) is 0 Å². The van der Waals surface area contributed by atoms with Crippen LogP contribution in [-0.4, -0.2) is 65.4 Å². The monoisotopic (exact) mass is 323 g/mol. The summed E-state index contributed by atoms with van der Waals surface area (Å²) in [6.07, 6.45) is 3.99. The number of hydrogen-bond donors (Lipinski definition) is 0. The second-order valence-corrected chi connectivity index (χ2v) is 8.93. The predicted molar refractivity (Wildman–Crippen MR) is 88.5 cm³/mol. The van der Waals surface area contributed by atoms with E-state index in [1.54, 1.807) is 0 Å². The lowest BCUT2D eigenvalue weighted by molar-refractivity contribution is -0.887. The Morgan fingerprint density at radius 2 is 1.10 bits per heavy atom. The molecule has 0 fully saturated rings. The Labute approximate surface area is 132 Å². The largest absolute Gasteiger partial charge is 0.870 e. The van der Waals surface area contributed by atoms with Gasteiger partial charge in [0.2, 0.25) is 0 Å². The van der Waals surface area contributed by atoms with Gasteiger partial charge in [-0.3, -0.25) is 0 Å². The molecule has 0 saturated heterocycles. The molecule has 0 aliphatic rings. The second-order valence-electron chi connectivity index (χ2n) is 6.19. The molecule has 0 aromatic heterocycles. The molecule has 0 radical (unpaired) electrons. The summed E-state index contributed by atoms with van der Waals surface area (Å²) in [6, 6.07) is 0. The molecule has 6 heteroatoms. The zero-order chi connectivity index (χ0) is 15.6. The lowest BCUT2D eigenvalue weighted by atomic mass is 10.4. The summed E-state index contributed by atoms with van der Waals surface area (Å²) in [6.45, 7) is 10.8. The van der Waals surface area contributed by atoms with E-state index in [1.165, 1.54) is 0 Å². The van der Waals surface area contributed by atoms with Gasteiger partial charge in [-0.15, -0.1) is 0 Å². The third kappa shape index (κ3) is 7.72. The van der Waals surface area contributed by atoms with Crippen molar-refractivity contribution < 1.29 is 23.2 Å². The maximum Gasteiger partial charge on any atom is 0.562 e. The average molecular weight is 324 g/mol. The van der Waals surface area contributed by atoms with Crippen molar-refractivity contribution in [3.05, 3.63) is 0 Å². The Morgan fingerprint density at radius 3 is 1.29 bits per heavy atom. The number of hydrogen-bond acceptors (Lipinski definition) is 4. The third-order valence-corrected chi connectivity index (χ3v) is 7.07. The average Bonchev–Trinajstić information content (AvgIpc) is 2.39. The van der Waals surface area contributed by atoms with Crippen LogP contribution in [0.15, 0.2) is 0 Å². The first-order valence-electron chi connectivity index (χ1n) is 8.10. The predicted octanol–water partition coefficient (Wildman–Crippen LogP) is 3.05. The van der Waals surface area contributed by atoms with Gasteiger partial charge in [-0.1, -0.05) is 27.7 Å². The van der Waals surface area contributed by atoms with Gasteiger partial charge in [-0.25, -0.2) is 0 Å². The lowest BCUT2D eigenvalue weighted by Gasteiger charge is -2.42. The van der Waals surface area contributed by atoms with Crippen LogP contribution in [0.3, 0.4) is 0 Å². The minimum atomic E-state index is -2.65. The van der Waals surface area contributed by atoms with Gasteiger partial charge in [0.15, 0.2) is 5.67 Å². The Balaban J connectivity index is 0. The molecule has 0 heterocycles. The quantitative estimate of drug-likeness (QED) is 0.409. The van der Waals surface area contributed by atoms with Crippen LogP contribution in [0.1, 0.15) is 53.4 Å². The molecule has 0 rings (SSSR count). The summed E-state index contributed by atoms with van der Waals surface area (Å²) in [5, 5.41) is 0. The molecule has 130 valence electrons. The first-order chi connectivity index (χ1) is 9.37. The maximum absolute atomic E-state index is 6.24. The molecule has 1 unspecified atom stereocenters. The summed E-state index contributed by atoms with van der Waals surface area (Å²) in [4.78, 5) is 0. The van der Waals surface area contributed by atoms with E-state index in [4.69, 9.17) is 13.3 Å². The van der Waals surface area contributed by atoms with Crippen molar-refractivity contribution in [2.75, 3.05) is 41.0 Å². The molecule has 0 aromatic rings. The van der Waals surface area contributed by atoms with E-state index < -0.39 is 8.80 Å².